The highest BCUT2D eigenvalue weighted by Gasteiger charge is 2.11. The summed E-state index contributed by atoms with van der Waals surface area (Å²) in [7, 11) is 0. The third-order valence-electron chi connectivity index (χ3n) is 8.57. The largest absolute Gasteiger partial charge is 0.493 e. The van der Waals surface area contributed by atoms with E-state index in [2.05, 4.69) is 141 Å². The van der Waals surface area contributed by atoms with Gasteiger partial charge in [0.25, 0.3) is 0 Å². The lowest BCUT2D eigenvalue weighted by Gasteiger charge is -2.15. The Balaban J connectivity index is 1.54. The molecule has 0 amide bonds. The van der Waals surface area contributed by atoms with Crippen molar-refractivity contribution in [2.24, 2.45) is 0 Å². The van der Waals surface area contributed by atoms with Crippen LogP contribution in [0, 0.1) is 0 Å². The second-order valence-corrected chi connectivity index (χ2v) is 12.6. The van der Waals surface area contributed by atoms with Gasteiger partial charge in [0.2, 0.25) is 0 Å². The van der Waals surface area contributed by atoms with Gasteiger partial charge in [0, 0.05) is 11.1 Å². The summed E-state index contributed by atoms with van der Waals surface area (Å²) in [4.78, 5) is 0. The van der Waals surface area contributed by atoms with E-state index >= 15 is 0 Å². The summed E-state index contributed by atoms with van der Waals surface area (Å²) in [6.07, 6.45) is 27.9. The molecule has 0 aliphatic heterocycles. The molecule has 0 aliphatic rings. The standard InChI is InChI=1S/C46H56O2/c1-3-5-7-9-11-19-35-47-45-38-44(34-32-42-29-27-41(28-30-42)26-25-39-21-15-13-16-22-39)46(48-36-20-12-10-8-6-4-2)37-43(45)33-31-40-23-17-14-18-24-40/h13-18,21-34,37-38H,3-12,19-20,35-36H2,1-2H3/b26-25+,33-31+,34-32+. The summed E-state index contributed by atoms with van der Waals surface area (Å²) in [5.74, 6) is 1.81. The van der Waals surface area contributed by atoms with Gasteiger partial charge in [0.05, 0.1) is 13.2 Å². The maximum absolute atomic E-state index is 6.50. The second-order valence-electron chi connectivity index (χ2n) is 12.6. The molecule has 4 aromatic carbocycles. The lowest BCUT2D eigenvalue weighted by molar-refractivity contribution is 0.295. The summed E-state index contributed by atoms with van der Waals surface area (Å²) >= 11 is 0. The second kappa shape index (κ2) is 22.3. The molecule has 2 nitrogen and oxygen atoms in total. The van der Waals surface area contributed by atoms with Crippen LogP contribution < -0.4 is 9.47 Å². The third kappa shape index (κ3) is 13.8. The fourth-order valence-corrected chi connectivity index (χ4v) is 5.64. The molecule has 0 aliphatic carbocycles. The Labute approximate surface area is 291 Å². The van der Waals surface area contributed by atoms with E-state index < -0.39 is 0 Å². The third-order valence-corrected chi connectivity index (χ3v) is 8.57. The van der Waals surface area contributed by atoms with E-state index in [1.165, 1.54) is 80.9 Å². The first kappa shape index (κ1) is 36.5. The molecule has 4 rings (SSSR count). The Morgan fingerprint density at radius 2 is 0.708 bits per heavy atom. The van der Waals surface area contributed by atoms with Crippen LogP contribution in [-0.4, -0.2) is 13.2 Å². The van der Waals surface area contributed by atoms with Crippen LogP contribution in [0.3, 0.4) is 0 Å². The van der Waals surface area contributed by atoms with Crippen molar-refractivity contribution < 1.29 is 9.47 Å². The molecule has 0 aromatic heterocycles. The van der Waals surface area contributed by atoms with Gasteiger partial charge in [-0.2, -0.15) is 0 Å². The highest BCUT2D eigenvalue weighted by atomic mass is 16.5. The number of benzene rings is 4. The normalized spacial score (nSPS) is 11.6. The van der Waals surface area contributed by atoms with E-state index in [-0.39, 0.29) is 0 Å². The van der Waals surface area contributed by atoms with Crippen molar-refractivity contribution in [1.82, 2.24) is 0 Å². The first-order chi connectivity index (χ1) is 23.7. The molecule has 0 radical (unpaired) electrons. The number of rotatable bonds is 22. The smallest absolute Gasteiger partial charge is 0.127 e. The molecule has 0 saturated heterocycles. The minimum Gasteiger partial charge on any atom is -0.493 e. The molecular formula is C46H56O2. The van der Waals surface area contributed by atoms with Crippen LogP contribution >= 0.6 is 0 Å². The quantitative estimate of drug-likeness (QED) is 0.0628. The number of ether oxygens (including phenoxy) is 2. The van der Waals surface area contributed by atoms with Gasteiger partial charge in [-0.1, -0.05) is 199 Å². The monoisotopic (exact) mass is 640 g/mol. The Kier molecular flexibility index (Phi) is 17.0. The average Bonchev–Trinajstić information content (AvgIpc) is 3.13. The van der Waals surface area contributed by atoms with E-state index in [0.717, 1.165) is 54.2 Å². The van der Waals surface area contributed by atoms with Gasteiger partial charge >= 0.3 is 0 Å². The molecule has 2 heteroatoms. The molecule has 48 heavy (non-hydrogen) atoms. The first-order valence-electron chi connectivity index (χ1n) is 18.4. The van der Waals surface area contributed by atoms with E-state index in [4.69, 9.17) is 9.47 Å². The van der Waals surface area contributed by atoms with Gasteiger partial charge in [0.1, 0.15) is 11.5 Å². The van der Waals surface area contributed by atoms with Gasteiger partial charge in [-0.25, -0.2) is 0 Å². The van der Waals surface area contributed by atoms with Crippen molar-refractivity contribution in [2.45, 2.75) is 90.9 Å². The van der Waals surface area contributed by atoms with Crippen LogP contribution in [0.1, 0.15) is 124 Å². The van der Waals surface area contributed by atoms with Crippen molar-refractivity contribution >= 4 is 36.5 Å². The molecule has 0 fully saturated rings. The molecule has 0 heterocycles. The lowest BCUT2D eigenvalue weighted by Crippen LogP contribution is -2.03. The minimum absolute atomic E-state index is 0.717. The molecular weight excluding hydrogens is 585 g/mol. The Bertz CT molecular complexity index is 1510. The Morgan fingerprint density at radius 3 is 1.10 bits per heavy atom. The number of hydrogen-bond acceptors (Lipinski definition) is 2. The summed E-state index contributed by atoms with van der Waals surface area (Å²) < 4.78 is 13.0. The number of hydrogen-bond donors (Lipinski definition) is 0. The molecule has 0 saturated carbocycles. The summed E-state index contributed by atoms with van der Waals surface area (Å²) in [5.41, 5.74) is 6.79. The van der Waals surface area contributed by atoms with Crippen molar-refractivity contribution in [3.05, 3.63) is 130 Å². The molecule has 4 aromatic rings. The van der Waals surface area contributed by atoms with Gasteiger partial charge in [-0.3, -0.25) is 0 Å². The van der Waals surface area contributed by atoms with Crippen molar-refractivity contribution in [2.75, 3.05) is 13.2 Å². The predicted molar refractivity (Wildman–Crippen MR) is 210 cm³/mol. The van der Waals surface area contributed by atoms with Gasteiger partial charge < -0.3 is 9.47 Å². The Morgan fingerprint density at radius 1 is 0.375 bits per heavy atom. The zero-order valence-electron chi connectivity index (χ0n) is 29.4. The molecule has 0 N–H and O–H groups in total. The van der Waals surface area contributed by atoms with Crippen LogP contribution in [0.5, 0.6) is 11.5 Å². The summed E-state index contributed by atoms with van der Waals surface area (Å²) in [5, 5.41) is 0. The first-order valence-corrected chi connectivity index (χ1v) is 18.4. The fourth-order valence-electron chi connectivity index (χ4n) is 5.64. The van der Waals surface area contributed by atoms with E-state index in [9.17, 15) is 0 Å². The SMILES string of the molecule is CCCCCCCCOc1cc(/C=C/c2ccc(/C=C/c3ccccc3)cc2)c(OCCCCCCCC)cc1/C=C/c1ccccc1. The van der Waals surface area contributed by atoms with E-state index in [1.54, 1.807) is 0 Å². The minimum atomic E-state index is 0.717. The highest BCUT2D eigenvalue weighted by Crippen LogP contribution is 2.33. The zero-order chi connectivity index (χ0) is 33.5. The molecule has 0 spiro atoms. The van der Waals surface area contributed by atoms with Crippen molar-refractivity contribution in [3.8, 4) is 11.5 Å². The topological polar surface area (TPSA) is 18.5 Å². The molecule has 0 atom stereocenters. The van der Waals surface area contributed by atoms with Gasteiger partial charge in [0.15, 0.2) is 0 Å². The molecule has 0 unspecified atom stereocenters. The predicted octanol–water partition coefficient (Wildman–Crippen LogP) is 13.7. The van der Waals surface area contributed by atoms with Crippen LogP contribution in [0.15, 0.2) is 97.1 Å². The molecule has 0 bridgehead atoms. The van der Waals surface area contributed by atoms with Crippen LogP contribution in [0.4, 0.5) is 0 Å². The maximum Gasteiger partial charge on any atom is 0.127 e. The highest BCUT2D eigenvalue weighted by molar-refractivity contribution is 5.79. The van der Waals surface area contributed by atoms with Gasteiger partial charge in [-0.15, -0.1) is 0 Å². The maximum atomic E-state index is 6.50. The number of unbranched alkanes of at least 4 members (excludes halogenated alkanes) is 10. The Hall–Kier alpha value is -4.30. The summed E-state index contributed by atoms with van der Waals surface area (Å²) in [6.45, 7) is 5.97. The van der Waals surface area contributed by atoms with Gasteiger partial charge in [-0.05, 0) is 47.2 Å². The lowest BCUT2D eigenvalue weighted by atomic mass is 10.0. The summed E-state index contributed by atoms with van der Waals surface area (Å²) in [6, 6.07) is 33.9. The van der Waals surface area contributed by atoms with Crippen LogP contribution in [0.2, 0.25) is 0 Å². The van der Waals surface area contributed by atoms with E-state index in [0.29, 0.717) is 0 Å². The average molecular weight is 641 g/mol. The van der Waals surface area contributed by atoms with Crippen molar-refractivity contribution in [1.29, 1.82) is 0 Å². The zero-order valence-corrected chi connectivity index (χ0v) is 29.4. The van der Waals surface area contributed by atoms with Crippen LogP contribution in [-0.2, 0) is 0 Å². The van der Waals surface area contributed by atoms with E-state index in [1.807, 2.05) is 6.07 Å². The molecule has 252 valence electrons. The van der Waals surface area contributed by atoms with Crippen LogP contribution in [0.25, 0.3) is 36.5 Å². The fraction of sp³-hybridized carbons (Fsp3) is 0.348. The van der Waals surface area contributed by atoms with Crippen molar-refractivity contribution in [3.63, 3.8) is 0 Å².